The van der Waals surface area contributed by atoms with Crippen LogP contribution in [0.2, 0.25) is 0 Å². The lowest BCUT2D eigenvalue weighted by molar-refractivity contribution is -0.135. The zero-order chi connectivity index (χ0) is 26.6. The summed E-state index contributed by atoms with van der Waals surface area (Å²) in [6, 6.07) is 13.3. The molecule has 0 aliphatic carbocycles. The van der Waals surface area contributed by atoms with Crippen LogP contribution < -0.4 is 15.4 Å². The van der Waals surface area contributed by atoms with Gasteiger partial charge in [0.05, 0.1) is 18.6 Å². The van der Waals surface area contributed by atoms with Crippen LogP contribution >= 0.6 is 11.8 Å². The largest absolute Gasteiger partial charge is 0.496 e. The van der Waals surface area contributed by atoms with E-state index in [4.69, 9.17) is 4.74 Å². The lowest BCUT2D eigenvalue weighted by Gasteiger charge is -2.42. The molecule has 7 nitrogen and oxygen atoms in total. The second kappa shape index (κ2) is 11.4. The summed E-state index contributed by atoms with van der Waals surface area (Å²) in [7, 11) is 1.59. The van der Waals surface area contributed by atoms with Gasteiger partial charge < -0.3 is 20.3 Å². The highest BCUT2D eigenvalue weighted by Crippen LogP contribution is 2.37. The van der Waals surface area contributed by atoms with E-state index in [0.717, 1.165) is 22.4 Å². The predicted octanol–water partition coefficient (Wildman–Crippen LogP) is 3.99. The first kappa shape index (κ1) is 26.8. The molecular formula is C29H35N3O4S. The van der Waals surface area contributed by atoms with E-state index >= 15 is 0 Å². The van der Waals surface area contributed by atoms with Gasteiger partial charge in [0, 0.05) is 24.4 Å². The predicted molar refractivity (Wildman–Crippen MR) is 146 cm³/mol. The molecule has 196 valence electrons. The maximum Gasteiger partial charge on any atom is 0.257 e. The van der Waals surface area contributed by atoms with Crippen LogP contribution in [0.5, 0.6) is 5.75 Å². The monoisotopic (exact) mass is 521 g/mol. The summed E-state index contributed by atoms with van der Waals surface area (Å²) in [5, 5.41) is 6.03. The molecule has 37 heavy (non-hydrogen) atoms. The fourth-order valence-electron chi connectivity index (χ4n) is 5.19. The Kier molecular flexibility index (Phi) is 8.27. The van der Waals surface area contributed by atoms with Crippen LogP contribution in [0.15, 0.2) is 54.9 Å². The molecule has 0 aromatic heterocycles. The van der Waals surface area contributed by atoms with Gasteiger partial charge in [0.2, 0.25) is 11.0 Å². The molecule has 2 fully saturated rings. The van der Waals surface area contributed by atoms with Crippen molar-refractivity contribution >= 4 is 28.7 Å². The minimum Gasteiger partial charge on any atom is -0.496 e. The third kappa shape index (κ3) is 6.01. The number of hydrogen-bond acceptors (Lipinski definition) is 6. The van der Waals surface area contributed by atoms with Crippen molar-refractivity contribution in [2.24, 2.45) is 5.41 Å². The molecule has 0 saturated carbocycles. The molecule has 1 atom stereocenters. The van der Waals surface area contributed by atoms with Gasteiger partial charge in [0.15, 0.2) is 0 Å². The number of piperidine rings is 1. The average Bonchev–Trinajstić information content (AvgIpc) is 3.29. The van der Waals surface area contributed by atoms with Crippen LogP contribution in [0.3, 0.4) is 0 Å². The summed E-state index contributed by atoms with van der Waals surface area (Å²) < 4.78 is 5.39. The van der Waals surface area contributed by atoms with Crippen molar-refractivity contribution in [1.82, 2.24) is 15.5 Å². The molecule has 4 rings (SSSR count). The van der Waals surface area contributed by atoms with E-state index in [0.29, 0.717) is 55.9 Å². The molecule has 2 aliphatic heterocycles. The highest BCUT2D eigenvalue weighted by molar-refractivity contribution is 8.14. The van der Waals surface area contributed by atoms with Crippen molar-refractivity contribution in [3.05, 3.63) is 77.1 Å². The van der Waals surface area contributed by atoms with Crippen LogP contribution in [-0.4, -0.2) is 53.8 Å². The third-order valence-corrected chi connectivity index (χ3v) is 8.46. The molecule has 0 spiro atoms. The number of carbonyl (C=O) groups excluding carboxylic acids is 3. The normalized spacial score (nSPS) is 18.8. The van der Waals surface area contributed by atoms with Gasteiger partial charge in [-0.25, -0.2) is 0 Å². The second-order valence-electron chi connectivity index (χ2n) is 9.95. The number of likely N-dealkylation sites (tertiary alicyclic amines) is 1. The van der Waals surface area contributed by atoms with E-state index in [1.54, 1.807) is 13.2 Å². The molecule has 2 amide bonds. The first-order valence-electron chi connectivity index (χ1n) is 12.6. The van der Waals surface area contributed by atoms with Crippen LogP contribution in [-0.2, 0) is 16.0 Å². The van der Waals surface area contributed by atoms with Crippen molar-refractivity contribution in [3.8, 4) is 5.75 Å². The van der Waals surface area contributed by atoms with Crippen molar-refractivity contribution < 1.29 is 19.1 Å². The summed E-state index contributed by atoms with van der Waals surface area (Å²) in [6.07, 6.45) is 2.46. The Morgan fingerprint density at radius 1 is 1.14 bits per heavy atom. The number of hydrogen-bond donors (Lipinski definition) is 2. The van der Waals surface area contributed by atoms with Gasteiger partial charge in [-0.15, -0.1) is 0 Å². The van der Waals surface area contributed by atoms with Gasteiger partial charge in [0.25, 0.3) is 5.91 Å². The Morgan fingerprint density at radius 3 is 2.46 bits per heavy atom. The molecule has 2 saturated heterocycles. The van der Waals surface area contributed by atoms with E-state index in [1.807, 2.05) is 55.1 Å². The molecule has 0 bridgehead atoms. The fraction of sp³-hybridized carbons (Fsp3) is 0.414. The molecule has 2 aromatic rings. The fourth-order valence-corrected chi connectivity index (χ4v) is 6.12. The van der Waals surface area contributed by atoms with Gasteiger partial charge in [-0.05, 0) is 62.3 Å². The Balaban J connectivity index is 1.45. The van der Waals surface area contributed by atoms with Gasteiger partial charge in [-0.1, -0.05) is 54.7 Å². The zero-order valence-corrected chi connectivity index (χ0v) is 22.6. The number of amides is 2. The number of ether oxygens (including phenoxy) is 1. The van der Waals surface area contributed by atoms with Crippen LogP contribution in [0.25, 0.3) is 0 Å². The molecule has 1 unspecified atom stereocenters. The van der Waals surface area contributed by atoms with Crippen LogP contribution in [0, 0.1) is 19.3 Å². The number of methoxy groups -OCH3 is 1. The summed E-state index contributed by atoms with van der Waals surface area (Å²) in [5.74, 6) is 1.62. The molecule has 8 heteroatoms. The molecule has 2 aromatic carbocycles. The Bertz CT molecular complexity index is 1190. The number of nitrogens with one attached hydrogen (secondary N) is 2. The van der Waals surface area contributed by atoms with Crippen LogP contribution in [0.4, 0.5) is 0 Å². The Labute approximate surface area is 223 Å². The Hall–Kier alpha value is -3.26. The maximum atomic E-state index is 13.6. The van der Waals surface area contributed by atoms with Crippen LogP contribution in [0.1, 0.15) is 46.3 Å². The van der Waals surface area contributed by atoms with E-state index in [-0.39, 0.29) is 16.9 Å². The first-order valence-corrected chi connectivity index (χ1v) is 13.6. The summed E-state index contributed by atoms with van der Waals surface area (Å²) >= 11 is 1.29. The maximum absolute atomic E-state index is 13.6. The van der Waals surface area contributed by atoms with Crippen molar-refractivity contribution in [1.29, 1.82) is 0 Å². The van der Waals surface area contributed by atoms with Gasteiger partial charge in [0.1, 0.15) is 11.6 Å². The molecule has 0 radical (unpaired) electrons. The van der Waals surface area contributed by atoms with Gasteiger partial charge in [-0.3, -0.25) is 14.4 Å². The third-order valence-electron chi connectivity index (χ3n) is 7.45. The smallest absolute Gasteiger partial charge is 0.257 e. The van der Waals surface area contributed by atoms with E-state index in [2.05, 4.69) is 17.2 Å². The molecular weight excluding hydrogens is 486 g/mol. The van der Waals surface area contributed by atoms with E-state index < -0.39 is 11.5 Å². The number of thioether (sulfide) groups is 1. The molecule has 2 heterocycles. The van der Waals surface area contributed by atoms with E-state index in [9.17, 15) is 14.4 Å². The highest BCUT2D eigenvalue weighted by atomic mass is 32.2. The molecule has 2 N–H and O–H groups in total. The topological polar surface area (TPSA) is 87.7 Å². The standard InChI is InChI=1S/C29H35N3O4S/c1-19-16-20(2)25(36-4)17-23(19)26(33)30-21(3)32-13-11-29(12-14-32,18-22-8-6-5-7-9-22)28(35)31-24-10-15-37-27(24)34/h5-9,16-17,24H,3,10-15,18H2,1-2,4H3,(H,30,33)(H,31,35). The number of rotatable bonds is 8. The quantitative estimate of drug-likeness (QED) is 0.546. The summed E-state index contributed by atoms with van der Waals surface area (Å²) in [4.78, 5) is 40.8. The van der Waals surface area contributed by atoms with Gasteiger partial charge in [-0.2, -0.15) is 0 Å². The molecule has 2 aliphatic rings. The second-order valence-corrected chi connectivity index (χ2v) is 11.0. The van der Waals surface area contributed by atoms with Crippen molar-refractivity contribution in [2.75, 3.05) is 26.0 Å². The van der Waals surface area contributed by atoms with Crippen molar-refractivity contribution in [3.63, 3.8) is 0 Å². The number of benzene rings is 2. The average molecular weight is 522 g/mol. The first-order chi connectivity index (χ1) is 17.7. The van der Waals surface area contributed by atoms with Gasteiger partial charge >= 0.3 is 0 Å². The highest BCUT2D eigenvalue weighted by Gasteiger charge is 2.43. The van der Waals surface area contributed by atoms with E-state index in [1.165, 1.54) is 11.8 Å². The number of aryl methyl sites for hydroxylation is 2. The lowest BCUT2D eigenvalue weighted by atomic mass is 9.72. The number of carbonyl (C=O) groups is 3. The SMILES string of the molecule is C=C(NC(=O)c1cc(OC)c(C)cc1C)N1CCC(Cc2ccccc2)(C(=O)NC2CCSC2=O)CC1. The zero-order valence-electron chi connectivity index (χ0n) is 21.8. The lowest BCUT2D eigenvalue weighted by Crippen LogP contribution is -2.53. The minimum absolute atomic E-state index is 0.0415. The number of nitrogens with zero attached hydrogens (tertiary/aromatic N) is 1. The minimum atomic E-state index is -0.628. The Morgan fingerprint density at radius 2 is 1.84 bits per heavy atom. The summed E-state index contributed by atoms with van der Waals surface area (Å²) in [5.41, 5.74) is 2.83. The summed E-state index contributed by atoms with van der Waals surface area (Å²) in [6.45, 7) is 9.10. The van der Waals surface area contributed by atoms with Crippen molar-refractivity contribution in [2.45, 2.75) is 45.6 Å².